The molecule has 6 heteroatoms. The first-order valence-corrected chi connectivity index (χ1v) is 9.45. The highest BCUT2D eigenvalue weighted by atomic mass is 16.4. The Morgan fingerprint density at radius 2 is 1.88 bits per heavy atom. The molecule has 2 unspecified atom stereocenters. The molecule has 1 heterocycles. The molecule has 0 bridgehead atoms. The molecule has 2 atom stereocenters. The summed E-state index contributed by atoms with van der Waals surface area (Å²) < 4.78 is 0. The van der Waals surface area contributed by atoms with Crippen LogP contribution in [0.1, 0.15) is 66.2 Å². The van der Waals surface area contributed by atoms with Crippen molar-refractivity contribution in [3.05, 3.63) is 0 Å². The van der Waals surface area contributed by atoms with Gasteiger partial charge in [0.1, 0.15) is 0 Å². The van der Waals surface area contributed by atoms with Gasteiger partial charge in [0.15, 0.2) is 0 Å². The first-order valence-electron chi connectivity index (χ1n) is 9.45. The Morgan fingerprint density at radius 1 is 1.28 bits per heavy atom. The molecule has 2 amide bonds. The zero-order valence-corrected chi connectivity index (χ0v) is 15.9. The average Bonchev–Trinajstić information content (AvgIpc) is 2.89. The summed E-state index contributed by atoms with van der Waals surface area (Å²) in [5.74, 6) is -0.742. The number of carbonyl (C=O) groups excluding carboxylic acids is 2. The fraction of sp³-hybridized carbons (Fsp3) is 0.842. The van der Waals surface area contributed by atoms with E-state index >= 15 is 0 Å². The van der Waals surface area contributed by atoms with E-state index in [9.17, 15) is 14.4 Å². The van der Waals surface area contributed by atoms with E-state index in [-0.39, 0.29) is 42.5 Å². The Morgan fingerprint density at radius 3 is 2.40 bits per heavy atom. The van der Waals surface area contributed by atoms with E-state index in [2.05, 4.69) is 12.2 Å². The Labute approximate surface area is 150 Å². The molecule has 2 aliphatic rings. The van der Waals surface area contributed by atoms with Crippen LogP contribution in [0.5, 0.6) is 0 Å². The third-order valence-corrected chi connectivity index (χ3v) is 6.16. The molecule has 6 nitrogen and oxygen atoms in total. The summed E-state index contributed by atoms with van der Waals surface area (Å²) in [6.45, 7) is 8.27. The quantitative estimate of drug-likeness (QED) is 0.768. The highest BCUT2D eigenvalue weighted by Gasteiger charge is 2.41. The van der Waals surface area contributed by atoms with Crippen molar-refractivity contribution in [3.8, 4) is 0 Å². The summed E-state index contributed by atoms with van der Waals surface area (Å²) in [6.07, 6.45) is 4.42. The van der Waals surface area contributed by atoms with Crippen molar-refractivity contribution in [1.82, 2.24) is 10.2 Å². The number of nitrogens with one attached hydrogen (secondary N) is 1. The molecule has 1 saturated heterocycles. The SMILES string of the molecule is CC1CCC(N2CC(C(=O)NC(C)(CC(=O)O)C(C)C)CC2=O)CC1. The van der Waals surface area contributed by atoms with Crippen LogP contribution in [0, 0.1) is 17.8 Å². The zero-order valence-electron chi connectivity index (χ0n) is 15.9. The minimum atomic E-state index is -0.933. The molecule has 2 N–H and O–H groups in total. The maximum atomic E-state index is 12.7. The van der Waals surface area contributed by atoms with Gasteiger partial charge in [0.25, 0.3) is 0 Å². The van der Waals surface area contributed by atoms with Crippen LogP contribution in [-0.4, -0.2) is 45.9 Å². The van der Waals surface area contributed by atoms with Crippen molar-refractivity contribution < 1.29 is 19.5 Å². The summed E-state index contributed by atoms with van der Waals surface area (Å²) in [7, 11) is 0. The number of aliphatic carboxylic acids is 1. The van der Waals surface area contributed by atoms with Crippen LogP contribution in [0.15, 0.2) is 0 Å². The number of carbonyl (C=O) groups is 3. The van der Waals surface area contributed by atoms with Crippen molar-refractivity contribution in [2.75, 3.05) is 6.54 Å². The van der Waals surface area contributed by atoms with E-state index in [0.29, 0.717) is 6.54 Å². The lowest BCUT2D eigenvalue weighted by Gasteiger charge is -2.35. The molecule has 25 heavy (non-hydrogen) atoms. The van der Waals surface area contributed by atoms with Gasteiger partial charge >= 0.3 is 5.97 Å². The van der Waals surface area contributed by atoms with Crippen LogP contribution in [0.2, 0.25) is 0 Å². The summed E-state index contributed by atoms with van der Waals surface area (Å²) in [4.78, 5) is 38.1. The smallest absolute Gasteiger partial charge is 0.305 e. The van der Waals surface area contributed by atoms with Gasteiger partial charge in [-0.25, -0.2) is 0 Å². The normalized spacial score (nSPS) is 29.6. The van der Waals surface area contributed by atoms with Crippen LogP contribution >= 0.6 is 0 Å². The highest BCUT2D eigenvalue weighted by molar-refractivity contribution is 5.90. The van der Waals surface area contributed by atoms with E-state index in [1.54, 1.807) is 6.92 Å². The monoisotopic (exact) mass is 352 g/mol. The van der Waals surface area contributed by atoms with Gasteiger partial charge in [-0.3, -0.25) is 14.4 Å². The van der Waals surface area contributed by atoms with Gasteiger partial charge in [-0.2, -0.15) is 0 Å². The molecule has 1 aliphatic carbocycles. The Bertz CT molecular complexity index is 526. The van der Waals surface area contributed by atoms with E-state index in [1.165, 1.54) is 0 Å². The Hall–Kier alpha value is -1.59. The van der Waals surface area contributed by atoms with Crippen LogP contribution in [0.3, 0.4) is 0 Å². The van der Waals surface area contributed by atoms with Crippen LogP contribution in [0.4, 0.5) is 0 Å². The topological polar surface area (TPSA) is 86.7 Å². The highest BCUT2D eigenvalue weighted by Crippen LogP contribution is 2.32. The van der Waals surface area contributed by atoms with Gasteiger partial charge in [-0.15, -0.1) is 0 Å². The summed E-state index contributed by atoms with van der Waals surface area (Å²) in [5, 5.41) is 12.1. The third kappa shape index (κ3) is 4.73. The van der Waals surface area contributed by atoms with Gasteiger partial charge in [-0.1, -0.05) is 20.8 Å². The lowest BCUT2D eigenvalue weighted by atomic mass is 9.84. The van der Waals surface area contributed by atoms with E-state index in [4.69, 9.17) is 5.11 Å². The van der Waals surface area contributed by atoms with E-state index in [1.807, 2.05) is 18.7 Å². The number of rotatable bonds is 6. The van der Waals surface area contributed by atoms with Crippen molar-refractivity contribution >= 4 is 17.8 Å². The maximum absolute atomic E-state index is 12.7. The summed E-state index contributed by atoms with van der Waals surface area (Å²) in [6, 6.07) is 0.261. The van der Waals surface area contributed by atoms with E-state index < -0.39 is 11.5 Å². The van der Waals surface area contributed by atoms with Crippen LogP contribution in [0.25, 0.3) is 0 Å². The lowest BCUT2D eigenvalue weighted by Crippen LogP contribution is -2.53. The second-order valence-electron chi connectivity index (χ2n) is 8.49. The van der Waals surface area contributed by atoms with Gasteiger partial charge in [0.2, 0.25) is 11.8 Å². The molecular formula is C19H32N2O4. The summed E-state index contributed by atoms with van der Waals surface area (Å²) >= 11 is 0. The molecular weight excluding hydrogens is 320 g/mol. The average molecular weight is 352 g/mol. The van der Waals surface area contributed by atoms with Crippen molar-refractivity contribution in [1.29, 1.82) is 0 Å². The number of hydrogen-bond acceptors (Lipinski definition) is 3. The van der Waals surface area contributed by atoms with Gasteiger partial charge in [0.05, 0.1) is 12.3 Å². The van der Waals surface area contributed by atoms with Crippen LogP contribution < -0.4 is 5.32 Å². The fourth-order valence-corrected chi connectivity index (χ4v) is 3.90. The van der Waals surface area contributed by atoms with Crippen molar-refractivity contribution in [3.63, 3.8) is 0 Å². The molecule has 2 fully saturated rings. The molecule has 2 rings (SSSR count). The number of amides is 2. The Balaban J connectivity index is 1.98. The van der Waals surface area contributed by atoms with Gasteiger partial charge in [-0.05, 0) is 44.4 Å². The maximum Gasteiger partial charge on any atom is 0.305 e. The summed E-state index contributed by atoms with van der Waals surface area (Å²) in [5.41, 5.74) is -0.806. The molecule has 1 saturated carbocycles. The lowest BCUT2D eigenvalue weighted by molar-refractivity contribution is -0.140. The fourth-order valence-electron chi connectivity index (χ4n) is 3.90. The number of nitrogens with zero attached hydrogens (tertiary/aromatic N) is 1. The van der Waals surface area contributed by atoms with E-state index in [0.717, 1.165) is 31.6 Å². The molecule has 0 aromatic carbocycles. The second kappa shape index (κ2) is 7.75. The molecule has 0 aromatic heterocycles. The predicted molar refractivity (Wildman–Crippen MR) is 94.9 cm³/mol. The van der Waals surface area contributed by atoms with Crippen molar-refractivity contribution in [2.24, 2.45) is 17.8 Å². The van der Waals surface area contributed by atoms with Gasteiger partial charge in [0, 0.05) is 24.5 Å². The number of carboxylic acid groups (broad SMARTS) is 1. The predicted octanol–water partition coefficient (Wildman–Crippen LogP) is 2.42. The number of likely N-dealkylation sites (tertiary alicyclic amines) is 1. The molecule has 0 aromatic rings. The number of carboxylic acids is 1. The standard InChI is InChI=1S/C19H32N2O4/c1-12(2)19(4,10-17(23)24)20-18(25)14-9-16(22)21(11-14)15-7-5-13(3)6-8-15/h12-15H,5-11H2,1-4H3,(H,20,25)(H,23,24). The minimum absolute atomic E-state index is 0.0133. The largest absolute Gasteiger partial charge is 0.481 e. The zero-order chi connectivity index (χ0) is 18.8. The number of hydrogen-bond donors (Lipinski definition) is 2. The first-order chi connectivity index (χ1) is 11.6. The molecule has 0 radical (unpaired) electrons. The minimum Gasteiger partial charge on any atom is -0.481 e. The molecule has 0 spiro atoms. The first kappa shape index (κ1) is 19.7. The van der Waals surface area contributed by atoms with Crippen molar-refractivity contribution in [2.45, 2.75) is 77.8 Å². The molecule has 1 aliphatic heterocycles. The second-order valence-corrected chi connectivity index (χ2v) is 8.49. The third-order valence-electron chi connectivity index (χ3n) is 6.16. The molecule has 142 valence electrons. The van der Waals surface area contributed by atoms with Gasteiger partial charge < -0.3 is 15.3 Å². The van der Waals surface area contributed by atoms with Crippen LogP contribution in [-0.2, 0) is 14.4 Å². The Kier molecular flexibility index (Phi) is 6.12.